The number of ether oxygens (including phenoxy) is 1. The van der Waals surface area contributed by atoms with Crippen LogP contribution in [-0.4, -0.2) is 67.4 Å². The second-order valence-electron chi connectivity index (χ2n) is 7.25. The van der Waals surface area contributed by atoms with Crippen molar-refractivity contribution >= 4 is 21.6 Å². The Labute approximate surface area is 187 Å². The Bertz CT molecular complexity index is 1100. The van der Waals surface area contributed by atoms with Crippen molar-refractivity contribution in [2.45, 2.75) is 17.7 Å². The van der Waals surface area contributed by atoms with Crippen LogP contribution in [0.25, 0.3) is 0 Å². The summed E-state index contributed by atoms with van der Waals surface area (Å²) in [6, 6.07) is 10.5. The monoisotopic (exact) mass is 487 g/mol. The maximum atomic E-state index is 12.8. The fourth-order valence-corrected chi connectivity index (χ4v) is 4.65. The molecule has 0 spiro atoms. The lowest BCUT2D eigenvalue weighted by atomic mass is 10.1. The second-order valence-corrected chi connectivity index (χ2v) is 9.19. The van der Waals surface area contributed by atoms with Crippen molar-refractivity contribution in [3.63, 3.8) is 0 Å². The van der Waals surface area contributed by atoms with Crippen LogP contribution in [0.1, 0.15) is 15.9 Å². The van der Waals surface area contributed by atoms with Gasteiger partial charge in [-0.2, -0.15) is 17.5 Å². The van der Waals surface area contributed by atoms with Crippen LogP contribution in [0.2, 0.25) is 0 Å². The van der Waals surface area contributed by atoms with E-state index >= 15 is 0 Å². The zero-order valence-electron chi connectivity index (χ0n) is 17.2. The molecule has 0 atom stereocenters. The molecule has 1 amide bonds. The van der Waals surface area contributed by atoms with Gasteiger partial charge in [0.2, 0.25) is 10.0 Å². The van der Waals surface area contributed by atoms with E-state index in [0.29, 0.717) is 11.1 Å². The van der Waals surface area contributed by atoms with Crippen LogP contribution in [-0.2, 0) is 21.4 Å². The second kappa shape index (κ2) is 9.85. The topological polar surface area (TPSA) is 110 Å². The third kappa shape index (κ3) is 6.27. The molecule has 33 heavy (non-hydrogen) atoms. The first kappa shape index (κ1) is 24.6. The Hall–Kier alpha value is -3.03. The summed E-state index contributed by atoms with van der Waals surface area (Å²) in [4.78, 5) is 24.2. The minimum Gasteiger partial charge on any atom is -0.367 e. The molecule has 1 saturated heterocycles. The fourth-order valence-electron chi connectivity index (χ4n) is 3.23. The molecule has 13 heteroatoms. The molecule has 2 aromatic carbocycles. The molecular weight excluding hydrogens is 467 g/mol. The molecule has 0 radical (unpaired) electrons. The molecule has 0 aromatic heterocycles. The number of carbonyl (C=O) groups is 1. The molecule has 1 heterocycles. The van der Waals surface area contributed by atoms with Gasteiger partial charge in [-0.15, -0.1) is 0 Å². The number of benzene rings is 2. The van der Waals surface area contributed by atoms with Gasteiger partial charge in [0.25, 0.3) is 11.6 Å². The highest BCUT2D eigenvalue weighted by Gasteiger charge is 2.31. The van der Waals surface area contributed by atoms with Crippen molar-refractivity contribution in [1.82, 2.24) is 9.21 Å². The van der Waals surface area contributed by atoms with Gasteiger partial charge in [-0.05, 0) is 29.8 Å². The number of rotatable bonds is 7. The lowest BCUT2D eigenvalue weighted by Gasteiger charge is -2.34. The highest BCUT2D eigenvalue weighted by Crippen LogP contribution is 2.21. The predicted octanol–water partition coefficient (Wildman–Crippen LogP) is 2.82. The zero-order chi connectivity index (χ0) is 24.2. The molecule has 3 rings (SSSR count). The molecule has 0 bridgehead atoms. The smallest absolute Gasteiger partial charge is 0.367 e. The van der Waals surface area contributed by atoms with Crippen molar-refractivity contribution in [1.29, 1.82) is 0 Å². The molecule has 1 fully saturated rings. The number of nitro benzene ring substituents is 1. The Morgan fingerprint density at radius 3 is 2.09 bits per heavy atom. The van der Waals surface area contributed by atoms with Crippen LogP contribution >= 0.6 is 0 Å². The highest BCUT2D eigenvalue weighted by molar-refractivity contribution is 7.89. The van der Waals surface area contributed by atoms with Gasteiger partial charge < -0.3 is 9.64 Å². The van der Waals surface area contributed by atoms with Gasteiger partial charge in [0, 0.05) is 43.9 Å². The molecule has 1 aliphatic rings. The van der Waals surface area contributed by atoms with E-state index in [-0.39, 0.29) is 49.3 Å². The number of alkyl halides is 3. The minimum atomic E-state index is -4.41. The Morgan fingerprint density at radius 1 is 1.00 bits per heavy atom. The van der Waals surface area contributed by atoms with Gasteiger partial charge >= 0.3 is 6.18 Å². The Kier molecular flexibility index (Phi) is 7.34. The van der Waals surface area contributed by atoms with E-state index in [0.717, 1.165) is 12.1 Å². The first-order valence-corrected chi connectivity index (χ1v) is 11.2. The van der Waals surface area contributed by atoms with Crippen molar-refractivity contribution in [2.75, 3.05) is 32.8 Å². The number of nitro groups is 1. The molecule has 9 nitrogen and oxygen atoms in total. The van der Waals surface area contributed by atoms with Crippen LogP contribution in [0.3, 0.4) is 0 Å². The van der Waals surface area contributed by atoms with E-state index in [2.05, 4.69) is 4.74 Å². The molecule has 0 aliphatic carbocycles. The first-order valence-electron chi connectivity index (χ1n) is 9.75. The Balaban J connectivity index is 1.56. The maximum absolute atomic E-state index is 12.8. The van der Waals surface area contributed by atoms with E-state index in [1.54, 1.807) is 0 Å². The van der Waals surface area contributed by atoms with Crippen LogP contribution in [0.15, 0.2) is 53.4 Å². The Morgan fingerprint density at radius 2 is 1.58 bits per heavy atom. The maximum Gasteiger partial charge on any atom is 0.411 e. The third-order valence-corrected chi connectivity index (χ3v) is 6.86. The van der Waals surface area contributed by atoms with Gasteiger partial charge in [-0.1, -0.05) is 12.1 Å². The van der Waals surface area contributed by atoms with E-state index in [1.165, 1.54) is 45.6 Å². The first-order chi connectivity index (χ1) is 15.5. The SMILES string of the molecule is O=C(c1ccc(COCC(F)(F)F)cc1)N1CCN(S(=O)(=O)c2ccc([N+](=O)[O-])cc2)CC1. The number of amides is 1. The quantitative estimate of drug-likeness (QED) is 0.439. The van der Waals surface area contributed by atoms with E-state index in [4.69, 9.17) is 0 Å². The van der Waals surface area contributed by atoms with Gasteiger partial charge in [0.05, 0.1) is 16.4 Å². The summed E-state index contributed by atoms with van der Waals surface area (Å²) >= 11 is 0. The van der Waals surface area contributed by atoms with Gasteiger partial charge in [0.15, 0.2) is 0 Å². The number of piperazine rings is 1. The normalized spacial score (nSPS) is 15.4. The lowest BCUT2D eigenvalue weighted by Crippen LogP contribution is -2.50. The minimum absolute atomic E-state index is 0.0500. The summed E-state index contributed by atoms with van der Waals surface area (Å²) in [7, 11) is -3.86. The molecule has 0 unspecified atom stereocenters. The van der Waals surface area contributed by atoms with E-state index in [1.807, 2.05) is 0 Å². The molecular formula is C20H20F3N3O6S. The zero-order valence-corrected chi connectivity index (χ0v) is 18.0. The average molecular weight is 487 g/mol. The fraction of sp³-hybridized carbons (Fsp3) is 0.350. The number of carbonyl (C=O) groups excluding carboxylic acids is 1. The number of hydrogen-bond donors (Lipinski definition) is 0. The standard InChI is InChI=1S/C20H20F3N3O6S/c21-20(22,23)14-32-13-15-1-3-16(4-2-15)19(27)24-9-11-25(12-10-24)33(30,31)18-7-5-17(6-8-18)26(28)29/h1-8H,9-14H2. The van der Waals surface area contributed by atoms with Crippen LogP contribution < -0.4 is 0 Å². The van der Waals surface area contributed by atoms with Crippen LogP contribution in [0.5, 0.6) is 0 Å². The largest absolute Gasteiger partial charge is 0.411 e. The predicted molar refractivity (Wildman–Crippen MR) is 110 cm³/mol. The van der Waals surface area contributed by atoms with E-state index in [9.17, 15) is 36.5 Å². The van der Waals surface area contributed by atoms with Gasteiger partial charge in [0.1, 0.15) is 6.61 Å². The lowest BCUT2D eigenvalue weighted by molar-refractivity contribution is -0.384. The highest BCUT2D eigenvalue weighted by atomic mass is 32.2. The van der Waals surface area contributed by atoms with Crippen LogP contribution in [0, 0.1) is 10.1 Å². The summed E-state index contributed by atoms with van der Waals surface area (Å²) in [5.74, 6) is -0.329. The van der Waals surface area contributed by atoms with Gasteiger partial charge in [-0.3, -0.25) is 14.9 Å². The van der Waals surface area contributed by atoms with E-state index < -0.39 is 27.7 Å². The number of nitrogens with zero attached hydrogens (tertiary/aromatic N) is 3. The van der Waals surface area contributed by atoms with Crippen molar-refractivity contribution in [2.24, 2.45) is 0 Å². The number of non-ortho nitro benzene ring substituents is 1. The summed E-state index contributed by atoms with van der Waals surface area (Å²) in [5.41, 5.74) is 0.582. The number of halogens is 3. The van der Waals surface area contributed by atoms with Crippen molar-refractivity contribution in [3.8, 4) is 0 Å². The number of sulfonamides is 1. The summed E-state index contributed by atoms with van der Waals surface area (Å²) in [5, 5.41) is 10.7. The van der Waals surface area contributed by atoms with Crippen LogP contribution in [0.4, 0.5) is 18.9 Å². The van der Waals surface area contributed by atoms with Crippen molar-refractivity contribution < 1.29 is 36.0 Å². The van der Waals surface area contributed by atoms with Crippen molar-refractivity contribution in [3.05, 3.63) is 69.8 Å². The third-order valence-electron chi connectivity index (χ3n) is 4.95. The number of hydrogen-bond acceptors (Lipinski definition) is 6. The molecule has 0 N–H and O–H groups in total. The van der Waals surface area contributed by atoms with Gasteiger partial charge in [-0.25, -0.2) is 8.42 Å². The summed E-state index contributed by atoms with van der Waals surface area (Å²) in [6.45, 7) is -1.22. The summed E-state index contributed by atoms with van der Waals surface area (Å²) in [6.07, 6.45) is -4.41. The molecule has 2 aromatic rings. The molecule has 178 valence electrons. The summed E-state index contributed by atoms with van der Waals surface area (Å²) < 4.78 is 67.7. The molecule has 1 aliphatic heterocycles. The average Bonchev–Trinajstić information content (AvgIpc) is 2.78. The molecule has 0 saturated carbocycles.